The van der Waals surface area contributed by atoms with Crippen LogP contribution in [0.15, 0.2) is 16.0 Å². The molecule has 0 unspecified atom stereocenters. The maximum absolute atomic E-state index is 9.27. The molecule has 0 saturated carbocycles. The van der Waals surface area contributed by atoms with Gasteiger partial charge in [0.1, 0.15) is 0 Å². The van der Waals surface area contributed by atoms with Crippen LogP contribution in [0, 0.1) is 19.9 Å². The fraction of sp³-hybridized carbons (Fsp3) is 0. The fourth-order valence-electron chi connectivity index (χ4n) is 0.0385. The van der Waals surface area contributed by atoms with Gasteiger partial charge in [-0.1, -0.05) is 0 Å². The van der Waals surface area contributed by atoms with Crippen molar-refractivity contribution in [3.8, 4) is 0 Å². The van der Waals surface area contributed by atoms with Crippen LogP contribution in [0.2, 0.25) is 0 Å². The van der Waals surface area contributed by atoms with Gasteiger partial charge in [0.05, 0.1) is 0 Å². The molecule has 0 fully saturated rings. The van der Waals surface area contributed by atoms with E-state index in [2.05, 4.69) is 4.28 Å². The van der Waals surface area contributed by atoms with Crippen LogP contribution in [0.4, 0.5) is 0 Å². The first-order valence-corrected chi connectivity index (χ1v) is 9.40. The molecule has 0 aromatic carbocycles. The second-order valence-corrected chi connectivity index (χ2v) is 5.71. The molecule has 0 aliphatic heterocycles. The van der Waals surface area contributed by atoms with E-state index in [0.717, 1.165) is 5.34 Å². The molecular weight excluding hydrogens is 568 g/mol. The van der Waals surface area contributed by atoms with Gasteiger partial charge in [0.25, 0.3) is 0 Å². The van der Waals surface area contributed by atoms with Crippen LogP contribution < -0.4 is 59.1 Å². The Hall–Kier alpha value is -0.320. The summed E-state index contributed by atoms with van der Waals surface area (Å²) in [6.07, 6.45) is 0. The molecule has 0 amide bonds. The van der Waals surface area contributed by atoms with Gasteiger partial charge in [0.15, 0.2) is 10.7 Å². The molecular formula is H9N3Na2O22S4. The second-order valence-electron chi connectivity index (χ2n) is 2.06. The summed E-state index contributed by atoms with van der Waals surface area (Å²) in [5.74, 6) is 0. The maximum Gasteiger partial charge on any atom is 1.00 e. The SMILES string of the molecule is O.O=NO.O=NOS(=O)(=O)O.O=N[O-].O=S(=O)(O)O.O=S(=O)(O)O.O=S(=O)([O-])O.[Na+].[Na+]. The van der Waals surface area contributed by atoms with E-state index in [-0.39, 0.29) is 64.6 Å². The van der Waals surface area contributed by atoms with Crippen molar-refractivity contribution in [1.82, 2.24) is 0 Å². The van der Waals surface area contributed by atoms with E-state index in [1.807, 2.05) is 0 Å². The van der Waals surface area contributed by atoms with Crippen molar-refractivity contribution >= 4 is 41.6 Å². The molecule has 0 aromatic heterocycles. The average molecular weight is 577 g/mol. The Bertz CT molecular complexity index is 687. The van der Waals surface area contributed by atoms with Gasteiger partial charge in [-0.3, -0.25) is 27.3 Å². The third-order valence-corrected chi connectivity index (χ3v) is 0.374. The van der Waals surface area contributed by atoms with Crippen LogP contribution >= 0.6 is 0 Å². The quantitative estimate of drug-likeness (QED) is 0.0526. The summed E-state index contributed by atoms with van der Waals surface area (Å²) >= 11 is 0. The fourth-order valence-corrected chi connectivity index (χ4v) is 0.115. The van der Waals surface area contributed by atoms with Crippen molar-refractivity contribution < 1.29 is 140 Å². The third-order valence-electron chi connectivity index (χ3n) is 0.125. The molecule has 0 saturated heterocycles. The van der Waals surface area contributed by atoms with Crippen LogP contribution in [-0.4, -0.2) is 76.2 Å². The number of hydrogen-bond acceptors (Lipinski definition) is 17. The normalized spacial score (nSPS) is 8.74. The molecule has 0 aromatic rings. The average Bonchev–Trinajstić information content (AvgIpc) is 2.21. The van der Waals surface area contributed by atoms with Crippen molar-refractivity contribution in [2.45, 2.75) is 0 Å². The zero-order valence-electron chi connectivity index (χ0n) is 14.3. The van der Waals surface area contributed by atoms with E-state index >= 15 is 0 Å². The van der Waals surface area contributed by atoms with Crippen molar-refractivity contribution in [2.75, 3.05) is 0 Å². The third kappa shape index (κ3) is 1680. The Balaban J connectivity index is -0.0000000269. The van der Waals surface area contributed by atoms with E-state index in [1.54, 1.807) is 0 Å². The van der Waals surface area contributed by atoms with Crippen molar-refractivity contribution in [1.29, 1.82) is 0 Å². The minimum atomic E-state index is -4.92. The number of rotatable bonds is 2. The molecule has 31 heavy (non-hydrogen) atoms. The van der Waals surface area contributed by atoms with Gasteiger partial charge in [0, 0.05) is 0 Å². The van der Waals surface area contributed by atoms with Gasteiger partial charge in [-0.2, -0.15) is 25.3 Å². The number of nitrogens with zero attached hydrogens (tertiary/aromatic N) is 3. The predicted octanol–water partition coefficient (Wildman–Crippen LogP) is -9.24. The summed E-state index contributed by atoms with van der Waals surface area (Å²) in [6, 6.07) is 0. The Morgan fingerprint density at radius 3 is 0.774 bits per heavy atom. The molecule has 0 radical (unpaired) electrons. The molecule has 0 aliphatic carbocycles. The molecule has 182 valence electrons. The Labute approximate surface area is 215 Å². The van der Waals surface area contributed by atoms with Gasteiger partial charge in [-0.15, -0.1) is 15.2 Å². The molecule has 25 nitrogen and oxygen atoms in total. The molecule has 0 atom stereocenters. The van der Waals surface area contributed by atoms with Crippen LogP contribution in [0.5, 0.6) is 0 Å². The van der Waals surface area contributed by atoms with E-state index < -0.39 is 41.6 Å². The maximum atomic E-state index is 9.27. The number of hydrogen-bond donors (Lipinski definition) is 7. The summed E-state index contributed by atoms with van der Waals surface area (Å²) in [5, 5.41) is 18.3. The Kier molecular flexibility index (Phi) is 59.1. The van der Waals surface area contributed by atoms with Crippen molar-refractivity contribution in [3.63, 3.8) is 0 Å². The van der Waals surface area contributed by atoms with E-state index in [9.17, 15) is 8.42 Å². The topological polar surface area (TPSA) is 453 Å². The molecule has 0 spiro atoms. The molecule has 0 heterocycles. The second kappa shape index (κ2) is 31.9. The zero-order chi connectivity index (χ0) is 24.8. The largest absolute Gasteiger partial charge is 1.00 e. The first-order valence-electron chi connectivity index (χ1n) is 3.87. The molecule has 31 heteroatoms. The van der Waals surface area contributed by atoms with Gasteiger partial charge in [-0.05, 0) is 0 Å². The van der Waals surface area contributed by atoms with E-state index in [0.29, 0.717) is 0 Å². The molecule has 9 N–H and O–H groups in total. The first-order chi connectivity index (χ1) is 11.9. The smallest absolute Gasteiger partial charge is 0.726 e. The van der Waals surface area contributed by atoms with E-state index in [1.165, 1.54) is 10.7 Å². The van der Waals surface area contributed by atoms with Gasteiger partial charge in [-0.25, -0.2) is 12.7 Å². The summed E-state index contributed by atoms with van der Waals surface area (Å²) < 4.78 is 125. The summed E-state index contributed by atoms with van der Waals surface area (Å²) in [7, 11) is -18.9. The minimum Gasteiger partial charge on any atom is -0.726 e. The minimum absolute atomic E-state index is 0. The Morgan fingerprint density at radius 2 is 0.774 bits per heavy atom. The van der Waals surface area contributed by atoms with Crippen LogP contribution in [-0.2, 0) is 45.9 Å². The van der Waals surface area contributed by atoms with Crippen molar-refractivity contribution in [2.24, 2.45) is 16.0 Å². The van der Waals surface area contributed by atoms with Crippen molar-refractivity contribution in [3.05, 3.63) is 19.9 Å². The Morgan fingerprint density at radius 1 is 0.677 bits per heavy atom. The summed E-state index contributed by atoms with van der Waals surface area (Å²) in [6.45, 7) is 0. The summed E-state index contributed by atoms with van der Waals surface area (Å²) in [4.78, 5) is 24.9. The summed E-state index contributed by atoms with van der Waals surface area (Å²) in [5.41, 5.74) is 0. The standard InChI is InChI=1S/HNO5S.2HNO2.2Na.3H2O4S.H2O/c2-1-6-7(3,4)5;2*2-1-3;;;3*1-5(2,3)4;/h(H,3,4,5);2*(H,2,3);;;3*(H2,1,2,3,4);1H2/q;;;2*+1;;;;/p-2. The van der Waals surface area contributed by atoms with Crippen LogP contribution in [0.3, 0.4) is 0 Å². The molecule has 0 aliphatic rings. The van der Waals surface area contributed by atoms with Gasteiger partial charge >= 0.3 is 90.3 Å². The van der Waals surface area contributed by atoms with Gasteiger partial charge in [0.2, 0.25) is 10.4 Å². The zero-order valence-corrected chi connectivity index (χ0v) is 21.6. The van der Waals surface area contributed by atoms with E-state index in [4.69, 9.17) is 82.3 Å². The molecule has 0 rings (SSSR count). The van der Waals surface area contributed by atoms with Crippen LogP contribution in [0.1, 0.15) is 0 Å². The van der Waals surface area contributed by atoms with Gasteiger partial charge < -0.3 is 25.4 Å². The first kappa shape index (κ1) is 57.5. The molecule has 0 bridgehead atoms. The predicted molar refractivity (Wildman–Crippen MR) is 79.5 cm³/mol. The van der Waals surface area contributed by atoms with Crippen LogP contribution in [0.25, 0.3) is 0 Å². The monoisotopic (exact) mass is 577 g/mol.